The maximum absolute atomic E-state index is 13.0. The molecule has 1 atom stereocenters. The predicted octanol–water partition coefficient (Wildman–Crippen LogP) is 2.15. The number of rotatable bonds is 8. The lowest BCUT2D eigenvalue weighted by atomic mass is 9.93. The molecular weight excluding hydrogens is 456 g/mol. The van der Waals surface area contributed by atoms with Crippen LogP contribution in [0.1, 0.15) is 42.3 Å². The standard InChI is InChI=1S/C27H30N6O3/c1-2-3-13-32-22(17-31-16-20-12-8-7-11-19(20)14-21(31)24(28)34)29-25-23(32)26(35)30-27(36)33(25)15-18-9-5-4-6-10-18/h4-12,21H,2-3,13-17H2,1H3,(H2,28,34)(H,30,35,36)/t21-/m0/s1. The molecule has 0 fully saturated rings. The van der Waals surface area contributed by atoms with Crippen molar-refractivity contribution in [3.63, 3.8) is 0 Å². The van der Waals surface area contributed by atoms with Crippen molar-refractivity contribution in [3.05, 3.63) is 98.0 Å². The molecule has 1 aliphatic heterocycles. The lowest BCUT2D eigenvalue weighted by Gasteiger charge is -2.34. The van der Waals surface area contributed by atoms with Gasteiger partial charge in [-0.15, -0.1) is 0 Å². The van der Waals surface area contributed by atoms with Crippen LogP contribution in [-0.2, 0) is 37.4 Å². The zero-order valence-corrected chi connectivity index (χ0v) is 20.3. The van der Waals surface area contributed by atoms with Crippen LogP contribution in [0.5, 0.6) is 0 Å². The van der Waals surface area contributed by atoms with E-state index in [4.69, 9.17) is 10.7 Å². The first-order chi connectivity index (χ1) is 17.5. The lowest BCUT2D eigenvalue weighted by Crippen LogP contribution is -2.48. The monoisotopic (exact) mass is 486 g/mol. The number of nitrogens with one attached hydrogen (secondary N) is 1. The van der Waals surface area contributed by atoms with Gasteiger partial charge in [0.25, 0.3) is 5.56 Å². The van der Waals surface area contributed by atoms with Crippen LogP contribution < -0.4 is 17.0 Å². The third kappa shape index (κ3) is 4.49. The molecule has 186 valence electrons. The van der Waals surface area contributed by atoms with Crippen LogP contribution in [0.25, 0.3) is 11.2 Å². The zero-order chi connectivity index (χ0) is 25.2. The van der Waals surface area contributed by atoms with Crippen LogP contribution in [0.4, 0.5) is 0 Å². The third-order valence-electron chi connectivity index (χ3n) is 6.90. The summed E-state index contributed by atoms with van der Waals surface area (Å²) in [6.45, 7) is 3.84. The van der Waals surface area contributed by atoms with E-state index in [9.17, 15) is 14.4 Å². The van der Waals surface area contributed by atoms with Gasteiger partial charge in [0.2, 0.25) is 5.91 Å². The summed E-state index contributed by atoms with van der Waals surface area (Å²) in [6, 6.07) is 17.2. The van der Waals surface area contributed by atoms with Gasteiger partial charge >= 0.3 is 5.69 Å². The number of nitrogens with two attached hydrogens (primary N) is 1. The first kappa shape index (κ1) is 23.7. The topological polar surface area (TPSA) is 119 Å². The quantitative estimate of drug-likeness (QED) is 0.396. The van der Waals surface area contributed by atoms with E-state index in [1.165, 1.54) is 4.57 Å². The molecule has 1 aliphatic rings. The number of primary amides is 1. The summed E-state index contributed by atoms with van der Waals surface area (Å²) < 4.78 is 3.41. The van der Waals surface area contributed by atoms with Crippen LogP contribution in [0.15, 0.2) is 64.2 Å². The second-order valence-electron chi connectivity index (χ2n) is 9.33. The molecule has 0 unspecified atom stereocenters. The van der Waals surface area contributed by atoms with Gasteiger partial charge < -0.3 is 10.3 Å². The summed E-state index contributed by atoms with van der Waals surface area (Å²) in [4.78, 5) is 47.6. The normalized spacial score (nSPS) is 15.8. The number of aryl methyl sites for hydroxylation is 1. The van der Waals surface area contributed by atoms with E-state index in [2.05, 4.69) is 18.0 Å². The number of amides is 1. The molecule has 3 heterocycles. The summed E-state index contributed by atoms with van der Waals surface area (Å²) in [5.74, 6) is 0.251. The number of imidazole rings is 1. The summed E-state index contributed by atoms with van der Waals surface area (Å²) in [5, 5.41) is 0. The van der Waals surface area contributed by atoms with Crippen molar-refractivity contribution in [2.45, 2.75) is 58.4 Å². The van der Waals surface area contributed by atoms with E-state index in [-0.39, 0.29) is 12.5 Å². The van der Waals surface area contributed by atoms with Crippen molar-refractivity contribution >= 4 is 17.1 Å². The molecule has 9 heteroatoms. The molecule has 0 aliphatic carbocycles. The van der Waals surface area contributed by atoms with E-state index in [0.717, 1.165) is 29.5 Å². The smallest absolute Gasteiger partial charge is 0.330 e. The molecule has 5 rings (SSSR count). The summed E-state index contributed by atoms with van der Waals surface area (Å²) in [6.07, 6.45) is 2.31. The number of carbonyl (C=O) groups excluding carboxylic acids is 1. The SMILES string of the molecule is CCCCn1c(CN2Cc3ccccc3C[C@H]2C(N)=O)nc2c1c(=O)[nH]c(=O)n2Cc1ccccc1. The van der Waals surface area contributed by atoms with Crippen molar-refractivity contribution in [2.24, 2.45) is 5.73 Å². The minimum atomic E-state index is -0.495. The summed E-state index contributed by atoms with van der Waals surface area (Å²) >= 11 is 0. The highest BCUT2D eigenvalue weighted by molar-refractivity contribution is 5.80. The molecule has 0 bridgehead atoms. The first-order valence-corrected chi connectivity index (χ1v) is 12.3. The van der Waals surface area contributed by atoms with Gasteiger partial charge in [0, 0.05) is 13.1 Å². The molecule has 36 heavy (non-hydrogen) atoms. The predicted molar refractivity (Wildman–Crippen MR) is 137 cm³/mol. The van der Waals surface area contributed by atoms with E-state index >= 15 is 0 Å². The Morgan fingerprint density at radius 3 is 2.47 bits per heavy atom. The molecule has 0 saturated heterocycles. The second-order valence-corrected chi connectivity index (χ2v) is 9.33. The van der Waals surface area contributed by atoms with Crippen molar-refractivity contribution in [2.75, 3.05) is 0 Å². The number of carbonyl (C=O) groups is 1. The van der Waals surface area contributed by atoms with E-state index < -0.39 is 17.3 Å². The summed E-state index contributed by atoms with van der Waals surface area (Å²) in [7, 11) is 0. The number of fused-ring (bicyclic) bond motifs is 2. The zero-order valence-electron chi connectivity index (χ0n) is 20.3. The van der Waals surface area contributed by atoms with Gasteiger partial charge in [-0.3, -0.25) is 24.0 Å². The molecule has 2 aromatic heterocycles. The number of benzene rings is 2. The lowest BCUT2D eigenvalue weighted by molar-refractivity contribution is -0.124. The maximum atomic E-state index is 13.0. The number of hydrogen-bond donors (Lipinski definition) is 2. The molecule has 0 spiro atoms. The number of H-pyrrole nitrogens is 1. The Labute approximate surface area is 208 Å². The van der Waals surface area contributed by atoms with Gasteiger partial charge in [0.05, 0.1) is 19.1 Å². The second kappa shape index (κ2) is 9.94. The minimum absolute atomic E-state index is 0.290. The highest BCUT2D eigenvalue weighted by Crippen LogP contribution is 2.26. The van der Waals surface area contributed by atoms with Crippen molar-refractivity contribution in [1.82, 2.24) is 24.0 Å². The van der Waals surface area contributed by atoms with Crippen molar-refractivity contribution in [3.8, 4) is 0 Å². The van der Waals surface area contributed by atoms with Crippen molar-refractivity contribution < 1.29 is 4.79 Å². The van der Waals surface area contributed by atoms with Gasteiger partial charge in [-0.1, -0.05) is 67.9 Å². The highest BCUT2D eigenvalue weighted by Gasteiger charge is 2.31. The molecule has 9 nitrogen and oxygen atoms in total. The highest BCUT2D eigenvalue weighted by atomic mass is 16.2. The molecule has 2 aromatic carbocycles. The average molecular weight is 487 g/mol. The van der Waals surface area contributed by atoms with Crippen LogP contribution >= 0.6 is 0 Å². The Hall–Kier alpha value is -3.98. The number of aromatic amines is 1. The van der Waals surface area contributed by atoms with Crippen LogP contribution in [-0.4, -0.2) is 36.0 Å². The Kier molecular flexibility index (Phi) is 6.56. The van der Waals surface area contributed by atoms with Gasteiger partial charge in [0.1, 0.15) is 5.82 Å². The van der Waals surface area contributed by atoms with Gasteiger partial charge in [-0.2, -0.15) is 0 Å². The fraction of sp³-hybridized carbons (Fsp3) is 0.333. The number of nitrogens with zero attached hydrogens (tertiary/aromatic N) is 4. The molecule has 0 radical (unpaired) electrons. The van der Waals surface area contributed by atoms with Crippen LogP contribution in [0.3, 0.4) is 0 Å². The van der Waals surface area contributed by atoms with Gasteiger partial charge in [0.15, 0.2) is 11.2 Å². The molecule has 0 saturated carbocycles. The number of hydrogen-bond acceptors (Lipinski definition) is 5. The summed E-state index contributed by atoms with van der Waals surface area (Å²) in [5.41, 5.74) is 8.78. The third-order valence-corrected chi connectivity index (χ3v) is 6.90. The largest absolute Gasteiger partial charge is 0.368 e. The van der Waals surface area contributed by atoms with E-state index in [1.807, 2.05) is 58.0 Å². The number of unbranched alkanes of at least 4 members (excludes halogenated alkanes) is 1. The van der Waals surface area contributed by atoms with Crippen LogP contribution in [0.2, 0.25) is 0 Å². The maximum Gasteiger partial charge on any atom is 0.330 e. The molecular formula is C27H30N6O3. The van der Waals surface area contributed by atoms with E-state index in [0.29, 0.717) is 43.0 Å². The average Bonchev–Trinajstić information content (AvgIpc) is 3.23. The minimum Gasteiger partial charge on any atom is -0.368 e. The fourth-order valence-electron chi connectivity index (χ4n) is 5.01. The Balaban J connectivity index is 1.61. The van der Waals surface area contributed by atoms with E-state index in [1.54, 1.807) is 0 Å². The molecule has 1 amide bonds. The Morgan fingerprint density at radius 1 is 1.03 bits per heavy atom. The molecule has 3 N–H and O–H groups in total. The number of aromatic nitrogens is 4. The van der Waals surface area contributed by atoms with Gasteiger partial charge in [-0.25, -0.2) is 9.78 Å². The molecule has 4 aromatic rings. The Morgan fingerprint density at radius 2 is 1.75 bits per heavy atom. The van der Waals surface area contributed by atoms with Crippen molar-refractivity contribution in [1.29, 1.82) is 0 Å². The Bertz CT molecular complexity index is 1520. The van der Waals surface area contributed by atoms with Gasteiger partial charge in [-0.05, 0) is 29.5 Å². The first-order valence-electron chi connectivity index (χ1n) is 12.3. The fourth-order valence-corrected chi connectivity index (χ4v) is 5.01. The van der Waals surface area contributed by atoms with Crippen LogP contribution in [0, 0.1) is 0 Å².